The lowest BCUT2D eigenvalue weighted by Crippen LogP contribution is -2.19. The highest BCUT2D eigenvalue weighted by Crippen LogP contribution is 2.22. The van der Waals surface area contributed by atoms with E-state index in [1.807, 2.05) is 18.2 Å². The molecule has 0 aliphatic carbocycles. The molecule has 1 aromatic carbocycles. The Morgan fingerprint density at radius 3 is 2.75 bits per heavy atom. The zero-order chi connectivity index (χ0) is 14.8. The molecule has 20 heavy (non-hydrogen) atoms. The van der Waals surface area contributed by atoms with Crippen LogP contribution in [0, 0.1) is 5.92 Å². The highest BCUT2D eigenvalue weighted by Gasteiger charge is 2.03. The second-order valence-electron chi connectivity index (χ2n) is 4.96. The number of hydrogen-bond donors (Lipinski definition) is 2. The molecule has 0 bridgehead atoms. The van der Waals surface area contributed by atoms with Gasteiger partial charge in [0, 0.05) is 11.0 Å². The van der Waals surface area contributed by atoms with Gasteiger partial charge in [0.25, 0.3) is 0 Å². The number of aliphatic hydroxyl groups excluding tert-OH is 1. The highest BCUT2D eigenvalue weighted by atomic mass is 79.9. The maximum Gasteiger partial charge on any atom is 0.119 e. The van der Waals surface area contributed by atoms with Gasteiger partial charge in [-0.1, -0.05) is 29.8 Å². The van der Waals surface area contributed by atoms with Gasteiger partial charge in [-0.25, -0.2) is 0 Å². The van der Waals surface area contributed by atoms with Crippen molar-refractivity contribution < 1.29 is 14.6 Å². The first-order valence-corrected chi connectivity index (χ1v) is 7.73. The summed E-state index contributed by atoms with van der Waals surface area (Å²) in [7, 11) is 0. The SMILES string of the molecule is CC(C)CNCc1cc(OCCOCCO)ccc1Br. The Kier molecular flexibility index (Phi) is 8.85. The van der Waals surface area contributed by atoms with Crippen LogP contribution in [-0.4, -0.2) is 38.1 Å². The van der Waals surface area contributed by atoms with Crippen molar-refractivity contribution in [1.29, 1.82) is 0 Å². The molecule has 0 amide bonds. The Bertz CT molecular complexity index is 385. The van der Waals surface area contributed by atoms with E-state index in [9.17, 15) is 0 Å². The molecule has 2 N–H and O–H groups in total. The molecule has 0 atom stereocenters. The minimum Gasteiger partial charge on any atom is -0.491 e. The quantitative estimate of drug-likeness (QED) is 0.640. The van der Waals surface area contributed by atoms with E-state index in [-0.39, 0.29) is 6.61 Å². The molecule has 0 aliphatic rings. The summed E-state index contributed by atoms with van der Waals surface area (Å²) >= 11 is 3.55. The summed E-state index contributed by atoms with van der Waals surface area (Å²) in [5.74, 6) is 1.47. The normalized spacial score (nSPS) is 11.1. The van der Waals surface area contributed by atoms with Crippen LogP contribution in [0.1, 0.15) is 19.4 Å². The van der Waals surface area contributed by atoms with E-state index in [4.69, 9.17) is 14.6 Å². The molecule has 5 heteroatoms. The summed E-state index contributed by atoms with van der Waals surface area (Å²) in [6.07, 6.45) is 0. The molecule has 0 spiro atoms. The van der Waals surface area contributed by atoms with Crippen molar-refractivity contribution in [3.8, 4) is 5.75 Å². The average molecular weight is 346 g/mol. The van der Waals surface area contributed by atoms with Crippen molar-refractivity contribution in [2.75, 3.05) is 33.0 Å². The van der Waals surface area contributed by atoms with Crippen LogP contribution < -0.4 is 10.1 Å². The summed E-state index contributed by atoms with van der Waals surface area (Å²) in [5.41, 5.74) is 1.18. The van der Waals surface area contributed by atoms with Crippen molar-refractivity contribution >= 4 is 15.9 Å². The zero-order valence-corrected chi connectivity index (χ0v) is 13.8. The molecule has 1 rings (SSSR count). The van der Waals surface area contributed by atoms with Gasteiger partial charge < -0.3 is 19.9 Å². The van der Waals surface area contributed by atoms with Gasteiger partial charge in [0.15, 0.2) is 0 Å². The van der Waals surface area contributed by atoms with E-state index >= 15 is 0 Å². The van der Waals surface area contributed by atoms with Crippen molar-refractivity contribution in [1.82, 2.24) is 5.32 Å². The average Bonchev–Trinajstić information content (AvgIpc) is 2.41. The van der Waals surface area contributed by atoms with E-state index < -0.39 is 0 Å². The molecule has 0 heterocycles. The first-order chi connectivity index (χ1) is 9.63. The molecule has 0 fully saturated rings. The van der Waals surface area contributed by atoms with Crippen LogP contribution in [0.5, 0.6) is 5.75 Å². The number of benzene rings is 1. The number of nitrogens with one attached hydrogen (secondary N) is 1. The van der Waals surface area contributed by atoms with Gasteiger partial charge in [0.05, 0.1) is 19.8 Å². The fraction of sp³-hybridized carbons (Fsp3) is 0.600. The van der Waals surface area contributed by atoms with Gasteiger partial charge >= 0.3 is 0 Å². The monoisotopic (exact) mass is 345 g/mol. The summed E-state index contributed by atoms with van der Waals surface area (Å²) < 4.78 is 11.9. The molecular formula is C15H24BrNO3. The van der Waals surface area contributed by atoms with Crippen molar-refractivity contribution in [2.45, 2.75) is 20.4 Å². The summed E-state index contributed by atoms with van der Waals surface area (Å²) in [5, 5.41) is 12.0. The predicted octanol–water partition coefficient (Wildman–Crippen LogP) is 2.58. The van der Waals surface area contributed by atoms with Gasteiger partial charge in [-0.2, -0.15) is 0 Å². The molecule has 0 aromatic heterocycles. The molecule has 0 saturated carbocycles. The van der Waals surface area contributed by atoms with Crippen molar-refractivity contribution in [3.63, 3.8) is 0 Å². The Morgan fingerprint density at radius 2 is 2.05 bits per heavy atom. The largest absolute Gasteiger partial charge is 0.491 e. The van der Waals surface area contributed by atoms with Crippen molar-refractivity contribution in [2.24, 2.45) is 5.92 Å². The molecule has 114 valence electrons. The number of ether oxygens (including phenoxy) is 2. The standard InChI is InChI=1S/C15H24BrNO3/c1-12(2)10-17-11-13-9-14(3-4-15(13)16)20-8-7-19-6-5-18/h3-4,9,12,17-18H,5-8,10-11H2,1-2H3. The maximum atomic E-state index is 8.59. The lowest BCUT2D eigenvalue weighted by molar-refractivity contribution is 0.0705. The zero-order valence-electron chi connectivity index (χ0n) is 12.2. The molecule has 0 saturated heterocycles. The number of aliphatic hydroxyl groups is 1. The van der Waals surface area contributed by atoms with E-state index in [1.165, 1.54) is 5.56 Å². The van der Waals surface area contributed by atoms with Crippen LogP contribution in [0.4, 0.5) is 0 Å². The number of halogens is 1. The van der Waals surface area contributed by atoms with E-state index in [1.54, 1.807) is 0 Å². The lowest BCUT2D eigenvalue weighted by atomic mass is 10.2. The summed E-state index contributed by atoms with van der Waals surface area (Å²) in [6, 6.07) is 5.96. The van der Waals surface area contributed by atoms with Crippen LogP contribution in [0.15, 0.2) is 22.7 Å². The van der Waals surface area contributed by atoms with E-state index in [0.717, 1.165) is 23.3 Å². The Morgan fingerprint density at radius 1 is 1.25 bits per heavy atom. The Labute approximate surface area is 129 Å². The molecular weight excluding hydrogens is 322 g/mol. The maximum absolute atomic E-state index is 8.59. The molecule has 0 aliphatic heterocycles. The van der Waals surface area contributed by atoms with Gasteiger partial charge in [-0.05, 0) is 36.2 Å². The third-order valence-corrected chi connectivity index (χ3v) is 3.39. The van der Waals surface area contributed by atoms with Crippen LogP contribution >= 0.6 is 15.9 Å². The molecule has 0 radical (unpaired) electrons. The number of rotatable bonds is 10. The fourth-order valence-corrected chi connectivity index (χ4v) is 2.04. The van der Waals surface area contributed by atoms with Crippen LogP contribution in [0.25, 0.3) is 0 Å². The predicted molar refractivity (Wildman–Crippen MR) is 84.1 cm³/mol. The van der Waals surface area contributed by atoms with Crippen LogP contribution in [0.3, 0.4) is 0 Å². The first-order valence-electron chi connectivity index (χ1n) is 6.94. The second kappa shape index (κ2) is 10.2. The van der Waals surface area contributed by atoms with Gasteiger partial charge in [-0.15, -0.1) is 0 Å². The van der Waals surface area contributed by atoms with Crippen LogP contribution in [0.2, 0.25) is 0 Å². The topological polar surface area (TPSA) is 50.7 Å². The van der Waals surface area contributed by atoms with Crippen LogP contribution in [-0.2, 0) is 11.3 Å². The summed E-state index contributed by atoms with van der Waals surface area (Å²) in [4.78, 5) is 0. The first kappa shape index (κ1) is 17.4. The van der Waals surface area contributed by atoms with Gasteiger partial charge in [0.1, 0.15) is 12.4 Å². The van der Waals surface area contributed by atoms with E-state index in [0.29, 0.717) is 25.7 Å². The number of hydrogen-bond acceptors (Lipinski definition) is 4. The fourth-order valence-electron chi connectivity index (χ4n) is 1.66. The lowest BCUT2D eigenvalue weighted by Gasteiger charge is -2.12. The minimum absolute atomic E-state index is 0.0456. The van der Waals surface area contributed by atoms with Gasteiger partial charge in [-0.3, -0.25) is 0 Å². The summed E-state index contributed by atoms with van der Waals surface area (Å²) in [6.45, 7) is 7.56. The molecule has 0 unspecified atom stereocenters. The smallest absolute Gasteiger partial charge is 0.119 e. The van der Waals surface area contributed by atoms with Crippen molar-refractivity contribution in [3.05, 3.63) is 28.2 Å². The Hall–Kier alpha value is -0.620. The minimum atomic E-state index is 0.0456. The van der Waals surface area contributed by atoms with Gasteiger partial charge in [0.2, 0.25) is 0 Å². The Balaban J connectivity index is 2.40. The highest BCUT2D eigenvalue weighted by molar-refractivity contribution is 9.10. The third-order valence-electron chi connectivity index (χ3n) is 2.62. The molecule has 1 aromatic rings. The third kappa shape index (κ3) is 7.24. The van der Waals surface area contributed by atoms with E-state index in [2.05, 4.69) is 35.1 Å². The second-order valence-corrected chi connectivity index (χ2v) is 5.82. The molecule has 4 nitrogen and oxygen atoms in total.